The number of esters is 1. The van der Waals surface area contributed by atoms with Gasteiger partial charge in [-0.3, -0.25) is 4.79 Å². The van der Waals surface area contributed by atoms with Crippen molar-refractivity contribution in [2.75, 3.05) is 19.7 Å². The van der Waals surface area contributed by atoms with Crippen LogP contribution in [0.25, 0.3) is 0 Å². The van der Waals surface area contributed by atoms with E-state index in [1.54, 1.807) is 24.0 Å². The number of nitrogens with one attached hydrogen (secondary N) is 1. The first-order valence-corrected chi connectivity index (χ1v) is 9.12. The Bertz CT molecular complexity index is 691. The van der Waals surface area contributed by atoms with Crippen LogP contribution in [0.2, 0.25) is 0 Å². The molecule has 1 saturated heterocycles. The van der Waals surface area contributed by atoms with Gasteiger partial charge in [0.2, 0.25) is 0 Å². The normalized spacial score (nSPS) is 15.2. The quantitative estimate of drug-likeness (QED) is 0.809. The summed E-state index contributed by atoms with van der Waals surface area (Å²) in [7, 11) is 0. The van der Waals surface area contributed by atoms with E-state index in [-0.39, 0.29) is 36.0 Å². The lowest BCUT2D eigenvalue weighted by Gasteiger charge is -2.33. The fraction of sp³-hybridized carbons (Fsp3) is 0.579. The summed E-state index contributed by atoms with van der Waals surface area (Å²) in [5.41, 5.74) is -0.267. The number of hydrogen-bond donors (Lipinski definition) is 1. The van der Waals surface area contributed by atoms with Crippen LogP contribution in [0, 0.1) is 0 Å². The molecule has 0 aliphatic carbocycles. The largest absolute Gasteiger partial charge is 0.461 e. The van der Waals surface area contributed by atoms with Crippen molar-refractivity contribution in [2.24, 2.45) is 0 Å². The maximum atomic E-state index is 12.4. The molecule has 1 aliphatic heterocycles. The molecule has 1 aliphatic rings. The van der Waals surface area contributed by atoms with E-state index < -0.39 is 11.6 Å². The first-order chi connectivity index (χ1) is 12.7. The van der Waals surface area contributed by atoms with Gasteiger partial charge in [0.05, 0.1) is 6.61 Å². The van der Waals surface area contributed by atoms with E-state index in [4.69, 9.17) is 9.47 Å². The van der Waals surface area contributed by atoms with Crippen LogP contribution < -0.4 is 5.32 Å². The van der Waals surface area contributed by atoms with E-state index in [0.717, 1.165) is 0 Å². The van der Waals surface area contributed by atoms with Crippen molar-refractivity contribution in [3.8, 4) is 0 Å². The van der Waals surface area contributed by atoms with Crippen molar-refractivity contribution in [3.05, 3.63) is 29.6 Å². The molecule has 2 rings (SSSR count). The molecule has 8 heteroatoms. The zero-order valence-electron chi connectivity index (χ0n) is 16.3. The molecule has 1 aromatic heterocycles. The Morgan fingerprint density at radius 2 is 1.81 bits per heavy atom. The second-order valence-electron chi connectivity index (χ2n) is 7.34. The molecule has 148 valence electrons. The number of rotatable bonds is 4. The Balaban J connectivity index is 1.88. The van der Waals surface area contributed by atoms with Crippen molar-refractivity contribution < 1.29 is 23.9 Å². The summed E-state index contributed by atoms with van der Waals surface area (Å²) in [5, 5.41) is 2.91. The standard InChI is InChI=1S/C19H27N3O5/c1-5-26-17(24)15-8-6-7-14(21-15)16(23)20-13-9-11-22(12-10-13)18(25)27-19(2,3)4/h6-8,13H,5,9-12H2,1-4H3,(H,20,23). The smallest absolute Gasteiger partial charge is 0.410 e. The van der Waals surface area contributed by atoms with E-state index in [2.05, 4.69) is 10.3 Å². The summed E-state index contributed by atoms with van der Waals surface area (Å²) in [5.74, 6) is -0.908. The number of ether oxygens (including phenoxy) is 2. The Labute approximate surface area is 159 Å². The number of carbonyl (C=O) groups excluding carboxylic acids is 3. The minimum atomic E-state index is -0.558. The molecular formula is C19H27N3O5. The molecule has 0 bridgehead atoms. The Morgan fingerprint density at radius 3 is 2.41 bits per heavy atom. The number of likely N-dealkylation sites (tertiary alicyclic amines) is 1. The monoisotopic (exact) mass is 377 g/mol. The zero-order chi connectivity index (χ0) is 20.0. The van der Waals surface area contributed by atoms with Gasteiger partial charge in [0, 0.05) is 19.1 Å². The van der Waals surface area contributed by atoms with Crippen LogP contribution in [0.5, 0.6) is 0 Å². The summed E-state index contributed by atoms with van der Waals surface area (Å²) in [6, 6.07) is 4.59. The molecule has 27 heavy (non-hydrogen) atoms. The van der Waals surface area contributed by atoms with Gasteiger partial charge in [-0.1, -0.05) is 6.07 Å². The van der Waals surface area contributed by atoms with Gasteiger partial charge in [0.25, 0.3) is 5.91 Å². The number of aromatic nitrogens is 1. The summed E-state index contributed by atoms with van der Waals surface area (Å²) < 4.78 is 10.3. The highest BCUT2D eigenvalue weighted by atomic mass is 16.6. The average Bonchev–Trinajstić information content (AvgIpc) is 2.61. The molecular weight excluding hydrogens is 350 g/mol. The lowest BCUT2D eigenvalue weighted by Crippen LogP contribution is -2.47. The molecule has 1 fully saturated rings. The molecule has 0 atom stereocenters. The highest BCUT2D eigenvalue weighted by Crippen LogP contribution is 2.16. The van der Waals surface area contributed by atoms with Crippen LogP contribution in [0.4, 0.5) is 4.79 Å². The summed E-state index contributed by atoms with van der Waals surface area (Å²) >= 11 is 0. The molecule has 0 radical (unpaired) electrons. The van der Waals surface area contributed by atoms with Crippen molar-refractivity contribution in [1.82, 2.24) is 15.2 Å². The molecule has 2 heterocycles. The first kappa shape index (κ1) is 20.7. The van der Waals surface area contributed by atoms with Crippen LogP contribution in [-0.4, -0.2) is 59.2 Å². The maximum absolute atomic E-state index is 12.4. The third-order valence-corrected chi connectivity index (χ3v) is 3.95. The molecule has 1 aromatic rings. The predicted molar refractivity (Wildman–Crippen MR) is 98.5 cm³/mol. The molecule has 0 aromatic carbocycles. The zero-order valence-corrected chi connectivity index (χ0v) is 16.3. The lowest BCUT2D eigenvalue weighted by atomic mass is 10.1. The number of amides is 2. The van der Waals surface area contributed by atoms with Gasteiger partial charge >= 0.3 is 12.1 Å². The van der Waals surface area contributed by atoms with Gasteiger partial charge in [-0.2, -0.15) is 0 Å². The Hall–Kier alpha value is -2.64. The molecule has 8 nitrogen and oxygen atoms in total. The van der Waals surface area contributed by atoms with Gasteiger partial charge in [-0.05, 0) is 52.7 Å². The number of nitrogens with zero attached hydrogens (tertiary/aromatic N) is 2. The molecule has 0 saturated carbocycles. The van der Waals surface area contributed by atoms with Crippen LogP contribution in [0.1, 0.15) is 61.5 Å². The lowest BCUT2D eigenvalue weighted by molar-refractivity contribution is 0.0199. The maximum Gasteiger partial charge on any atom is 0.410 e. The minimum absolute atomic E-state index is 0.0655. The van der Waals surface area contributed by atoms with Crippen LogP contribution in [0.3, 0.4) is 0 Å². The van der Waals surface area contributed by atoms with E-state index in [0.29, 0.717) is 25.9 Å². The van der Waals surface area contributed by atoms with Gasteiger partial charge in [0.1, 0.15) is 17.0 Å². The highest BCUT2D eigenvalue weighted by molar-refractivity contribution is 5.94. The minimum Gasteiger partial charge on any atom is -0.461 e. The van der Waals surface area contributed by atoms with E-state index in [9.17, 15) is 14.4 Å². The molecule has 1 N–H and O–H groups in total. The highest BCUT2D eigenvalue weighted by Gasteiger charge is 2.28. The fourth-order valence-corrected chi connectivity index (χ4v) is 2.67. The molecule has 0 spiro atoms. The summed E-state index contributed by atoms with van der Waals surface area (Å²) in [4.78, 5) is 42.0. The Morgan fingerprint density at radius 1 is 1.19 bits per heavy atom. The van der Waals surface area contributed by atoms with Crippen molar-refractivity contribution >= 4 is 18.0 Å². The predicted octanol–water partition coefficient (Wildman–Crippen LogP) is 2.39. The molecule has 2 amide bonds. The SMILES string of the molecule is CCOC(=O)c1cccc(C(=O)NC2CCN(C(=O)OC(C)(C)C)CC2)n1. The van der Waals surface area contributed by atoms with Crippen LogP contribution in [-0.2, 0) is 9.47 Å². The van der Waals surface area contributed by atoms with Gasteiger partial charge < -0.3 is 19.7 Å². The second kappa shape index (κ2) is 8.83. The number of carbonyl (C=O) groups is 3. The second-order valence-corrected chi connectivity index (χ2v) is 7.34. The number of piperidine rings is 1. The molecule has 0 unspecified atom stereocenters. The van der Waals surface area contributed by atoms with Crippen molar-refractivity contribution in [1.29, 1.82) is 0 Å². The van der Waals surface area contributed by atoms with Crippen LogP contribution in [0.15, 0.2) is 18.2 Å². The topological polar surface area (TPSA) is 97.8 Å². The summed E-state index contributed by atoms with van der Waals surface area (Å²) in [6.07, 6.45) is 0.918. The van der Waals surface area contributed by atoms with Crippen molar-refractivity contribution in [3.63, 3.8) is 0 Å². The van der Waals surface area contributed by atoms with E-state index in [1.807, 2.05) is 20.8 Å². The van der Waals surface area contributed by atoms with Gasteiger partial charge in [0.15, 0.2) is 0 Å². The van der Waals surface area contributed by atoms with Gasteiger partial charge in [-0.25, -0.2) is 14.6 Å². The first-order valence-electron chi connectivity index (χ1n) is 9.12. The van der Waals surface area contributed by atoms with Crippen molar-refractivity contribution in [2.45, 2.75) is 52.2 Å². The van der Waals surface area contributed by atoms with E-state index in [1.165, 1.54) is 6.07 Å². The third kappa shape index (κ3) is 6.23. The van der Waals surface area contributed by atoms with Crippen LogP contribution >= 0.6 is 0 Å². The number of hydrogen-bond acceptors (Lipinski definition) is 6. The van der Waals surface area contributed by atoms with Gasteiger partial charge in [-0.15, -0.1) is 0 Å². The average molecular weight is 377 g/mol. The third-order valence-electron chi connectivity index (χ3n) is 3.95. The Kier molecular flexibility index (Phi) is 6.76. The summed E-state index contributed by atoms with van der Waals surface area (Å²) in [6.45, 7) is 8.46. The fourth-order valence-electron chi connectivity index (χ4n) is 2.67. The number of pyridine rings is 1. The van der Waals surface area contributed by atoms with E-state index >= 15 is 0 Å².